The quantitative estimate of drug-likeness (QED) is 0.696. The maximum atomic E-state index is 13.7. The minimum absolute atomic E-state index is 0.0291. The number of carbonyl (C=O) groups is 1. The number of piperidine rings is 1. The summed E-state index contributed by atoms with van der Waals surface area (Å²) >= 11 is 0. The highest BCUT2D eigenvalue weighted by Crippen LogP contribution is 2.31. The highest BCUT2D eigenvalue weighted by Gasteiger charge is 2.36. The Hall–Kier alpha value is -2.65. The summed E-state index contributed by atoms with van der Waals surface area (Å²) < 4.78 is 51.5. The van der Waals surface area contributed by atoms with Gasteiger partial charge < -0.3 is 14.4 Å². The molecule has 0 N–H and O–H groups in total. The monoisotopic (exact) mass is 436 g/mol. The minimum Gasteiger partial charge on any atom is -0.497 e. The summed E-state index contributed by atoms with van der Waals surface area (Å²) in [6, 6.07) is 10.4. The first-order chi connectivity index (χ1) is 14.3. The first kappa shape index (κ1) is 22.0. The van der Waals surface area contributed by atoms with Crippen molar-refractivity contribution in [1.29, 1.82) is 0 Å². The Morgan fingerprint density at radius 2 is 1.83 bits per heavy atom. The van der Waals surface area contributed by atoms with Gasteiger partial charge in [-0.2, -0.15) is 4.31 Å². The molecule has 30 heavy (non-hydrogen) atoms. The number of nitrogens with zero attached hydrogens (tertiary/aromatic N) is 2. The average Bonchev–Trinajstić information content (AvgIpc) is 2.78. The molecule has 0 aromatic heterocycles. The van der Waals surface area contributed by atoms with Gasteiger partial charge in [0.2, 0.25) is 15.9 Å². The van der Waals surface area contributed by atoms with E-state index < -0.39 is 21.8 Å². The van der Waals surface area contributed by atoms with Crippen molar-refractivity contribution in [2.24, 2.45) is 5.92 Å². The van der Waals surface area contributed by atoms with E-state index in [0.717, 1.165) is 12.1 Å². The molecular weight excluding hydrogens is 411 g/mol. The predicted molar refractivity (Wildman–Crippen MR) is 111 cm³/mol. The molecule has 0 spiro atoms. The van der Waals surface area contributed by atoms with E-state index in [1.165, 1.54) is 22.4 Å². The molecule has 1 saturated heterocycles. The molecule has 1 atom stereocenters. The number of hydrogen-bond acceptors (Lipinski definition) is 5. The van der Waals surface area contributed by atoms with E-state index in [9.17, 15) is 17.6 Å². The van der Waals surface area contributed by atoms with Gasteiger partial charge in [-0.25, -0.2) is 12.8 Å². The van der Waals surface area contributed by atoms with Crippen LogP contribution in [-0.4, -0.2) is 53.0 Å². The normalized spacial score (nSPS) is 17.4. The van der Waals surface area contributed by atoms with Crippen LogP contribution in [0, 0.1) is 11.7 Å². The summed E-state index contributed by atoms with van der Waals surface area (Å²) in [6.45, 7) is 0.291. The standard InChI is InChI=1S/C21H25FN2O5S/c1-23(17-7-9-18(28-2)10-8-17)21(25)15-5-4-12-24(14-15)30(26,27)20-13-16(22)6-11-19(20)29-3/h6-11,13,15H,4-5,12,14H2,1-3H3/t15-/m0/s1. The molecule has 7 nitrogen and oxygen atoms in total. The van der Waals surface area contributed by atoms with Gasteiger partial charge in [0, 0.05) is 25.8 Å². The molecule has 3 rings (SSSR count). The van der Waals surface area contributed by atoms with E-state index in [4.69, 9.17) is 9.47 Å². The van der Waals surface area contributed by atoms with Gasteiger partial charge in [0.05, 0.1) is 20.1 Å². The maximum absolute atomic E-state index is 13.7. The average molecular weight is 437 g/mol. The Bertz CT molecular complexity index is 1010. The summed E-state index contributed by atoms with van der Waals surface area (Å²) in [4.78, 5) is 14.3. The summed E-state index contributed by atoms with van der Waals surface area (Å²) in [5, 5.41) is 0. The van der Waals surface area contributed by atoms with Crippen LogP contribution in [0.3, 0.4) is 0 Å². The Morgan fingerprint density at radius 3 is 2.47 bits per heavy atom. The van der Waals surface area contributed by atoms with Gasteiger partial charge in [-0.05, 0) is 55.3 Å². The second-order valence-electron chi connectivity index (χ2n) is 7.09. The van der Waals surface area contributed by atoms with Crippen molar-refractivity contribution >= 4 is 21.6 Å². The van der Waals surface area contributed by atoms with Crippen molar-refractivity contribution in [1.82, 2.24) is 4.31 Å². The van der Waals surface area contributed by atoms with Crippen LogP contribution in [-0.2, 0) is 14.8 Å². The van der Waals surface area contributed by atoms with Crippen molar-refractivity contribution in [3.63, 3.8) is 0 Å². The second-order valence-corrected chi connectivity index (χ2v) is 9.00. The number of halogens is 1. The Kier molecular flexibility index (Phi) is 6.62. The fourth-order valence-corrected chi connectivity index (χ4v) is 5.25. The lowest BCUT2D eigenvalue weighted by Crippen LogP contribution is -2.46. The molecule has 0 unspecified atom stereocenters. The maximum Gasteiger partial charge on any atom is 0.246 e. The summed E-state index contributed by atoms with van der Waals surface area (Å²) in [6.07, 6.45) is 1.11. The SMILES string of the molecule is COc1ccc(N(C)C(=O)[C@H]2CCCN(S(=O)(=O)c3cc(F)ccc3OC)C2)cc1. The molecule has 9 heteroatoms. The van der Waals surface area contributed by atoms with Crippen LogP contribution in [0.5, 0.6) is 11.5 Å². The lowest BCUT2D eigenvalue weighted by atomic mass is 9.98. The van der Waals surface area contributed by atoms with Crippen LogP contribution in [0.4, 0.5) is 10.1 Å². The number of benzene rings is 2. The summed E-state index contributed by atoms with van der Waals surface area (Å²) in [5.74, 6) is -0.594. The molecule has 1 aliphatic rings. The lowest BCUT2D eigenvalue weighted by molar-refractivity contribution is -0.123. The van der Waals surface area contributed by atoms with Crippen molar-refractivity contribution in [3.05, 3.63) is 48.3 Å². The molecule has 1 heterocycles. The van der Waals surface area contributed by atoms with Crippen LogP contribution in [0.2, 0.25) is 0 Å². The van der Waals surface area contributed by atoms with Gasteiger partial charge in [0.25, 0.3) is 0 Å². The molecule has 2 aromatic rings. The van der Waals surface area contributed by atoms with E-state index >= 15 is 0 Å². The fraction of sp³-hybridized carbons (Fsp3) is 0.381. The second kappa shape index (κ2) is 9.01. The zero-order chi connectivity index (χ0) is 21.9. The fourth-order valence-electron chi connectivity index (χ4n) is 3.56. The third-order valence-corrected chi connectivity index (χ3v) is 7.15. The molecule has 0 radical (unpaired) electrons. The van der Waals surface area contributed by atoms with E-state index in [1.807, 2.05) is 0 Å². The molecule has 1 fully saturated rings. The zero-order valence-corrected chi connectivity index (χ0v) is 18.0. The molecule has 1 amide bonds. The number of rotatable bonds is 6. The molecular formula is C21H25FN2O5S. The number of sulfonamides is 1. The molecule has 0 bridgehead atoms. The lowest BCUT2D eigenvalue weighted by Gasteiger charge is -2.33. The van der Waals surface area contributed by atoms with Crippen LogP contribution in [0.15, 0.2) is 47.4 Å². The number of amides is 1. The summed E-state index contributed by atoms with van der Waals surface area (Å²) in [5.41, 5.74) is 0.688. The molecule has 0 saturated carbocycles. The smallest absolute Gasteiger partial charge is 0.246 e. The van der Waals surface area contributed by atoms with E-state index in [2.05, 4.69) is 0 Å². The first-order valence-electron chi connectivity index (χ1n) is 9.53. The highest BCUT2D eigenvalue weighted by atomic mass is 32.2. The number of hydrogen-bond donors (Lipinski definition) is 0. The molecule has 162 valence electrons. The van der Waals surface area contributed by atoms with Crippen LogP contribution >= 0.6 is 0 Å². The molecule has 0 aliphatic carbocycles. The Balaban J connectivity index is 1.80. The Morgan fingerprint density at radius 1 is 1.13 bits per heavy atom. The number of methoxy groups -OCH3 is 2. The first-order valence-corrected chi connectivity index (χ1v) is 11.0. The van der Waals surface area contributed by atoms with E-state index in [1.54, 1.807) is 38.4 Å². The largest absolute Gasteiger partial charge is 0.497 e. The van der Waals surface area contributed by atoms with Gasteiger partial charge in [0.15, 0.2) is 0 Å². The van der Waals surface area contributed by atoms with Crippen LogP contribution < -0.4 is 14.4 Å². The van der Waals surface area contributed by atoms with E-state index in [0.29, 0.717) is 24.3 Å². The number of anilines is 1. The minimum atomic E-state index is -4.01. The predicted octanol–water partition coefficient (Wildman–Crippen LogP) is 2.91. The number of ether oxygens (including phenoxy) is 2. The zero-order valence-electron chi connectivity index (χ0n) is 17.2. The van der Waals surface area contributed by atoms with Gasteiger partial charge >= 0.3 is 0 Å². The van der Waals surface area contributed by atoms with Gasteiger partial charge in [-0.1, -0.05) is 0 Å². The third kappa shape index (κ3) is 4.41. The van der Waals surface area contributed by atoms with Crippen molar-refractivity contribution in [3.8, 4) is 11.5 Å². The Labute approximate surface area is 176 Å². The third-order valence-electron chi connectivity index (χ3n) is 5.27. The van der Waals surface area contributed by atoms with Crippen LogP contribution in [0.1, 0.15) is 12.8 Å². The summed E-state index contributed by atoms with van der Waals surface area (Å²) in [7, 11) is 0.544. The van der Waals surface area contributed by atoms with Crippen LogP contribution in [0.25, 0.3) is 0 Å². The van der Waals surface area contributed by atoms with Crippen molar-refractivity contribution in [2.75, 3.05) is 39.3 Å². The van der Waals surface area contributed by atoms with Gasteiger partial charge in [0.1, 0.15) is 22.2 Å². The van der Waals surface area contributed by atoms with Gasteiger partial charge in [-0.15, -0.1) is 0 Å². The highest BCUT2D eigenvalue weighted by molar-refractivity contribution is 7.89. The topological polar surface area (TPSA) is 76.2 Å². The molecule has 1 aliphatic heterocycles. The van der Waals surface area contributed by atoms with Crippen molar-refractivity contribution < 1.29 is 27.1 Å². The van der Waals surface area contributed by atoms with Crippen molar-refractivity contribution in [2.45, 2.75) is 17.7 Å². The van der Waals surface area contributed by atoms with Gasteiger partial charge in [-0.3, -0.25) is 4.79 Å². The van der Waals surface area contributed by atoms with E-state index in [-0.39, 0.29) is 29.6 Å². The molecule has 2 aromatic carbocycles. The number of carbonyl (C=O) groups excluding carboxylic acids is 1.